The fourth-order valence-corrected chi connectivity index (χ4v) is 3.53. The second kappa shape index (κ2) is 6.04. The number of piperazine rings is 1. The molecule has 3 rings (SSSR count). The number of hydrogen-bond acceptors (Lipinski definition) is 3. The first kappa shape index (κ1) is 13.1. The van der Waals surface area contributed by atoms with Crippen molar-refractivity contribution in [3.8, 4) is 0 Å². The molecule has 2 unspecified atom stereocenters. The Morgan fingerprint density at radius 2 is 2.05 bits per heavy atom. The van der Waals surface area contributed by atoms with Gasteiger partial charge in [0.2, 0.25) is 0 Å². The van der Waals surface area contributed by atoms with Gasteiger partial charge in [0.15, 0.2) is 0 Å². The number of nitrogens with one attached hydrogen (secondary N) is 1. The van der Waals surface area contributed by atoms with Crippen molar-refractivity contribution in [2.45, 2.75) is 24.9 Å². The maximum absolute atomic E-state index is 3.47. The summed E-state index contributed by atoms with van der Waals surface area (Å²) in [5.74, 6) is 0. The number of fused-ring (bicyclic) bond motifs is 1. The molecule has 2 aliphatic heterocycles. The maximum Gasteiger partial charge on any atom is 0.0446 e. The monoisotopic (exact) mass is 259 g/mol. The molecule has 2 aliphatic rings. The molecule has 2 heterocycles. The number of likely N-dealkylation sites (N-methyl/N-ethyl adjacent to an activating group) is 1. The van der Waals surface area contributed by atoms with Gasteiger partial charge in [0, 0.05) is 38.3 Å². The molecule has 0 saturated carbocycles. The molecule has 0 radical (unpaired) electrons. The average molecular weight is 259 g/mol. The minimum absolute atomic E-state index is 0.453. The third kappa shape index (κ3) is 2.99. The largest absolute Gasteiger partial charge is 0.312 e. The zero-order valence-electron chi connectivity index (χ0n) is 11.9. The summed E-state index contributed by atoms with van der Waals surface area (Å²) < 4.78 is 0. The van der Waals surface area contributed by atoms with E-state index in [1.807, 2.05) is 0 Å². The van der Waals surface area contributed by atoms with Crippen LogP contribution in [0.3, 0.4) is 0 Å². The van der Waals surface area contributed by atoms with Crippen LogP contribution in [0.25, 0.3) is 0 Å². The van der Waals surface area contributed by atoms with Crippen LogP contribution < -0.4 is 5.32 Å². The SMILES string of the molecule is CNC(CN1CCN2CCCC2C1)c1ccccc1. The van der Waals surface area contributed by atoms with Crippen molar-refractivity contribution < 1.29 is 0 Å². The number of benzene rings is 1. The summed E-state index contributed by atoms with van der Waals surface area (Å²) >= 11 is 0. The van der Waals surface area contributed by atoms with Gasteiger partial charge in [-0.15, -0.1) is 0 Å². The van der Waals surface area contributed by atoms with Crippen molar-refractivity contribution in [1.29, 1.82) is 0 Å². The quantitative estimate of drug-likeness (QED) is 0.888. The average Bonchev–Trinajstić information content (AvgIpc) is 2.93. The fraction of sp³-hybridized carbons (Fsp3) is 0.625. The topological polar surface area (TPSA) is 18.5 Å². The van der Waals surface area contributed by atoms with Crippen molar-refractivity contribution in [2.24, 2.45) is 0 Å². The number of rotatable bonds is 4. The molecule has 104 valence electrons. The van der Waals surface area contributed by atoms with Crippen LogP contribution in [0, 0.1) is 0 Å². The lowest BCUT2D eigenvalue weighted by Crippen LogP contribution is -2.51. The highest BCUT2D eigenvalue weighted by Gasteiger charge is 2.31. The fourth-order valence-electron chi connectivity index (χ4n) is 3.53. The Hall–Kier alpha value is -0.900. The van der Waals surface area contributed by atoms with Crippen LogP contribution in [0.4, 0.5) is 0 Å². The van der Waals surface area contributed by atoms with Gasteiger partial charge in [0.1, 0.15) is 0 Å². The van der Waals surface area contributed by atoms with E-state index in [2.05, 4.69) is 52.5 Å². The molecule has 1 aromatic rings. The molecule has 2 saturated heterocycles. The molecule has 1 aromatic carbocycles. The van der Waals surface area contributed by atoms with Crippen LogP contribution in [0.1, 0.15) is 24.4 Å². The minimum Gasteiger partial charge on any atom is -0.312 e. The smallest absolute Gasteiger partial charge is 0.0446 e. The molecule has 0 aromatic heterocycles. The van der Waals surface area contributed by atoms with E-state index in [9.17, 15) is 0 Å². The molecule has 19 heavy (non-hydrogen) atoms. The summed E-state index contributed by atoms with van der Waals surface area (Å²) in [5.41, 5.74) is 1.40. The minimum atomic E-state index is 0.453. The summed E-state index contributed by atoms with van der Waals surface area (Å²) in [6.07, 6.45) is 2.79. The molecule has 3 heteroatoms. The summed E-state index contributed by atoms with van der Waals surface area (Å²) in [5, 5.41) is 3.47. The Morgan fingerprint density at radius 3 is 2.84 bits per heavy atom. The van der Waals surface area contributed by atoms with E-state index in [1.165, 1.54) is 44.6 Å². The zero-order valence-corrected chi connectivity index (χ0v) is 11.9. The molecule has 0 spiro atoms. The van der Waals surface area contributed by atoms with Crippen LogP contribution >= 0.6 is 0 Å². The van der Waals surface area contributed by atoms with Gasteiger partial charge in [0.05, 0.1) is 0 Å². The van der Waals surface area contributed by atoms with Crippen LogP contribution in [0.2, 0.25) is 0 Å². The first-order valence-electron chi connectivity index (χ1n) is 7.55. The molecule has 3 nitrogen and oxygen atoms in total. The van der Waals surface area contributed by atoms with E-state index >= 15 is 0 Å². The number of hydrogen-bond donors (Lipinski definition) is 1. The molecule has 0 amide bonds. The molecule has 2 atom stereocenters. The third-order valence-electron chi connectivity index (χ3n) is 4.66. The Kier molecular flexibility index (Phi) is 4.16. The first-order valence-corrected chi connectivity index (χ1v) is 7.55. The summed E-state index contributed by atoms with van der Waals surface area (Å²) in [4.78, 5) is 5.31. The van der Waals surface area contributed by atoms with Crippen molar-refractivity contribution in [2.75, 3.05) is 39.8 Å². The molecule has 0 aliphatic carbocycles. The van der Waals surface area contributed by atoms with Gasteiger partial charge >= 0.3 is 0 Å². The third-order valence-corrected chi connectivity index (χ3v) is 4.66. The van der Waals surface area contributed by atoms with E-state index in [4.69, 9.17) is 0 Å². The van der Waals surface area contributed by atoms with Crippen molar-refractivity contribution >= 4 is 0 Å². The molecule has 1 N–H and O–H groups in total. The van der Waals surface area contributed by atoms with E-state index in [1.54, 1.807) is 0 Å². The van der Waals surface area contributed by atoms with E-state index in [0.29, 0.717) is 6.04 Å². The molecule has 0 bridgehead atoms. The second-order valence-corrected chi connectivity index (χ2v) is 5.84. The Labute approximate surface area is 116 Å². The summed E-state index contributed by atoms with van der Waals surface area (Å²) in [6.45, 7) is 6.19. The Balaban J connectivity index is 1.60. The van der Waals surface area contributed by atoms with E-state index in [0.717, 1.165) is 12.6 Å². The van der Waals surface area contributed by atoms with Gasteiger partial charge in [-0.3, -0.25) is 9.80 Å². The van der Waals surface area contributed by atoms with Crippen molar-refractivity contribution in [1.82, 2.24) is 15.1 Å². The highest BCUT2D eigenvalue weighted by Crippen LogP contribution is 2.23. The van der Waals surface area contributed by atoms with Gasteiger partial charge in [0.25, 0.3) is 0 Å². The van der Waals surface area contributed by atoms with E-state index < -0.39 is 0 Å². The molecular formula is C16H25N3. The maximum atomic E-state index is 3.47. The van der Waals surface area contributed by atoms with E-state index in [-0.39, 0.29) is 0 Å². The first-order chi connectivity index (χ1) is 9.36. The predicted octanol–water partition coefficient (Wildman–Crippen LogP) is 1.73. The summed E-state index contributed by atoms with van der Waals surface area (Å²) in [7, 11) is 2.07. The van der Waals surface area contributed by atoms with Gasteiger partial charge in [-0.25, -0.2) is 0 Å². The Morgan fingerprint density at radius 1 is 1.21 bits per heavy atom. The van der Waals surface area contributed by atoms with Crippen LogP contribution in [-0.2, 0) is 0 Å². The normalized spacial score (nSPS) is 26.3. The number of nitrogens with zero attached hydrogens (tertiary/aromatic N) is 2. The molecular weight excluding hydrogens is 234 g/mol. The second-order valence-electron chi connectivity index (χ2n) is 5.84. The lowest BCUT2D eigenvalue weighted by molar-refractivity contribution is 0.0971. The predicted molar refractivity (Wildman–Crippen MR) is 79.3 cm³/mol. The van der Waals surface area contributed by atoms with Gasteiger partial charge < -0.3 is 5.32 Å². The van der Waals surface area contributed by atoms with Crippen LogP contribution in [-0.4, -0.2) is 55.6 Å². The van der Waals surface area contributed by atoms with Gasteiger partial charge in [-0.1, -0.05) is 30.3 Å². The lowest BCUT2D eigenvalue weighted by Gasteiger charge is -2.39. The Bertz CT molecular complexity index is 392. The van der Waals surface area contributed by atoms with Crippen LogP contribution in [0.5, 0.6) is 0 Å². The van der Waals surface area contributed by atoms with Gasteiger partial charge in [-0.2, -0.15) is 0 Å². The van der Waals surface area contributed by atoms with Gasteiger partial charge in [-0.05, 0) is 32.0 Å². The lowest BCUT2D eigenvalue weighted by atomic mass is 10.1. The highest BCUT2D eigenvalue weighted by molar-refractivity contribution is 5.19. The van der Waals surface area contributed by atoms with Crippen molar-refractivity contribution in [3.63, 3.8) is 0 Å². The zero-order chi connectivity index (χ0) is 13.1. The van der Waals surface area contributed by atoms with Crippen molar-refractivity contribution in [3.05, 3.63) is 35.9 Å². The van der Waals surface area contributed by atoms with Crippen LogP contribution in [0.15, 0.2) is 30.3 Å². The highest BCUT2D eigenvalue weighted by atomic mass is 15.3. The molecule has 2 fully saturated rings. The summed E-state index contributed by atoms with van der Waals surface area (Å²) in [6, 6.07) is 12.1. The standard InChI is InChI=1S/C16H25N3/c1-17-16(14-6-3-2-4-7-14)13-18-10-11-19-9-5-8-15(19)12-18/h2-4,6-7,15-17H,5,8-13H2,1H3.